The normalized spacial score (nSPS) is 31.4. The van der Waals surface area contributed by atoms with Gasteiger partial charge in [-0.2, -0.15) is 0 Å². The summed E-state index contributed by atoms with van der Waals surface area (Å²) < 4.78 is 14.5. The van der Waals surface area contributed by atoms with Crippen molar-refractivity contribution in [1.82, 2.24) is 9.80 Å². The van der Waals surface area contributed by atoms with Crippen molar-refractivity contribution < 1.29 is 14.0 Å². The highest BCUT2D eigenvalue weighted by Gasteiger charge is 2.51. The second-order valence-corrected chi connectivity index (χ2v) is 11.2. The Morgan fingerprint density at radius 1 is 1.03 bits per heavy atom. The highest BCUT2D eigenvalue weighted by Crippen LogP contribution is 2.60. The number of benzene rings is 1. The first-order valence-electron chi connectivity index (χ1n) is 12.3. The van der Waals surface area contributed by atoms with Gasteiger partial charge in [0.2, 0.25) is 5.91 Å². The molecule has 0 N–H and O–H groups in total. The number of nitrogens with zero attached hydrogens (tertiary/aromatic N) is 3. The number of rotatable bonds is 6. The Balaban J connectivity index is 1.13. The fourth-order valence-electron chi connectivity index (χ4n) is 7.62. The van der Waals surface area contributed by atoms with Crippen LogP contribution in [0.5, 0.6) is 0 Å². The van der Waals surface area contributed by atoms with Crippen molar-refractivity contribution in [2.75, 3.05) is 51.2 Å². The average Bonchev–Trinajstić information content (AvgIpc) is 2.72. The topological polar surface area (TPSA) is 43.9 Å². The van der Waals surface area contributed by atoms with Gasteiger partial charge in [-0.25, -0.2) is 4.39 Å². The predicted molar refractivity (Wildman–Crippen MR) is 123 cm³/mol. The zero-order valence-corrected chi connectivity index (χ0v) is 19.5. The first kappa shape index (κ1) is 21.9. The molecule has 0 atom stereocenters. The number of likely N-dealkylation sites (N-methyl/N-ethyl adjacent to an activating group) is 1. The summed E-state index contributed by atoms with van der Waals surface area (Å²) in [6, 6.07) is 4.68. The zero-order valence-electron chi connectivity index (χ0n) is 19.5. The Hall–Kier alpha value is -1.95. The van der Waals surface area contributed by atoms with E-state index in [2.05, 4.69) is 11.9 Å². The molecule has 6 heteroatoms. The SMILES string of the molecule is CC(=O)c1ccc(N2CCN(C(=O)CN(C)CC34CC5CC(CC(C5)C3)C4)CC2)c(F)c1. The van der Waals surface area contributed by atoms with Gasteiger partial charge in [0.05, 0.1) is 12.2 Å². The number of Topliss-reactive ketones (excluding diaryl/α,β-unsaturated/α-hetero) is 1. The molecule has 1 aliphatic heterocycles. The van der Waals surface area contributed by atoms with Gasteiger partial charge >= 0.3 is 0 Å². The summed E-state index contributed by atoms with van der Waals surface area (Å²) >= 11 is 0. The molecule has 174 valence electrons. The molecule has 0 spiro atoms. The lowest BCUT2D eigenvalue weighted by molar-refractivity contribution is -0.133. The molecule has 0 aromatic heterocycles. The summed E-state index contributed by atoms with van der Waals surface area (Å²) in [4.78, 5) is 30.6. The van der Waals surface area contributed by atoms with E-state index < -0.39 is 0 Å². The summed E-state index contributed by atoms with van der Waals surface area (Å²) in [6.45, 7) is 5.41. The summed E-state index contributed by atoms with van der Waals surface area (Å²) in [7, 11) is 2.11. The number of hydrogen-bond acceptors (Lipinski definition) is 4. The molecule has 0 unspecified atom stereocenters. The van der Waals surface area contributed by atoms with Crippen molar-refractivity contribution in [2.24, 2.45) is 23.2 Å². The van der Waals surface area contributed by atoms with Crippen LogP contribution in [0.4, 0.5) is 10.1 Å². The Kier molecular flexibility index (Phi) is 5.77. The maximum atomic E-state index is 14.5. The van der Waals surface area contributed by atoms with Crippen LogP contribution in [0, 0.1) is 29.0 Å². The molecular formula is C26H36FN3O2. The van der Waals surface area contributed by atoms with E-state index in [0.29, 0.717) is 49.4 Å². The number of halogens is 1. The third-order valence-corrected chi connectivity index (χ3v) is 8.50. The summed E-state index contributed by atoms with van der Waals surface area (Å²) in [6.07, 6.45) is 8.44. The minimum Gasteiger partial charge on any atom is -0.366 e. The number of hydrogen-bond donors (Lipinski definition) is 0. The number of carbonyl (C=O) groups is 2. The molecule has 4 aliphatic carbocycles. The van der Waals surface area contributed by atoms with Crippen LogP contribution in [0.25, 0.3) is 0 Å². The van der Waals surface area contributed by atoms with Crippen LogP contribution in [-0.4, -0.2) is 67.8 Å². The molecule has 1 heterocycles. The summed E-state index contributed by atoms with van der Waals surface area (Å²) in [5, 5.41) is 0. The van der Waals surface area contributed by atoms with Gasteiger partial charge < -0.3 is 9.80 Å². The van der Waals surface area contributed by atoms with E-state index in [4.69, 9.17) is 0 Å². The van der Waals surface area contributed by atoms with Crippen LogP contribution in [0.3, 0.4) is 0 Å². The van der Waals surface area contributed by atoms with Gasteiger partial charge in [-0.15, -0.1) is 0 Å². The van der Waals surface area contributed by atoms with E-state index in [-0.39, 0.29) is 17.5 Å². The van der Waals surface area contributed by atoms with E-state index in [1.54, 1.807) is 12.1 Å². The van der Waals surface area contributed by atoms with Gasteiger partial charge in [0.25, 0.3) is 0 Å². The minimum absolute atomic E-state index is 0.136. The molecule has 1 aromatic carbocycles. The zero-order chi connectivity index (χ0) is 22.5. The van der Waals surface area contributed by atoms with E-state index in [1.165, 1.54) is 51.5 Å². The first-order valence-corrected chi connectivity index (χ1v) is 12.3. The lowest BCUT2D eigenvalue weighted by Gasteiger charge is -2.57. The highest BCUT2D eigenvalue weighted by atomic mass is 19.1. The molecule has 1 saturated heterocycles. The molecule has 1 aromatic rings. The Bertz CT molecular complexity index is 858. The van der Waals surface area contributed by atoms with E-state index >= 15 is 0 Å². The molecule has 4 bridgehead atoms. The molecule has 5 fully saturated rings. The third kappa shape index (κ3) is 4.30. The number of amides is 1. The maximum absolute atomic E-state index is 14.5. The van der Waals surface area contributed by atoms with E-state index in [0.717, 1.165) is 24.3 Å². The van der Waals surface area contributed by atoms with Crippen molar-refractivity contribution in [2.45, 2.75) is 45.4 Å². The van der Waals surface area contributed by atoms with Crippen LogP contribution < -0.4 is 4.90 Å². The lowest BCUT2D eigenvalue weighted by Crippen LogP contribution is -2.53. The minimum atomic E-state index is -0.368. The molecule has 1 amide bonds. The summed E-state index contributed by atoms with van der Waals surface area (Å²) in [5.74, 6) is 2.48. The Labute approximate surface area is 190 Å². The summed E-state index contributed by atoms with van der Waals surface area (Å²) in [5.41, 5.74) is 1.36. The van der Waals surface area contributed by atoms with Crippen molar-refractivity contribution >= 4 is 17.4 Å². The number of piperazine rings is 1. The molecule has 4 saturated carbocycles. The number of anilines is 1. The van der Waals surface area contributed by atoms with Gasteiger partial charge in [-0.3, -0.25) is 14.5 Å². The number of carbonyl (C=O) groups excluding carboxylic acids is 2. The molecule has 32 heavy (non-hydrogen) atoms. The van der Waals surface area contributed by atoms with Crippen molar-refractivity contribution in [3.8, 4) is 0 Å². The quantitative estimate of drug-likeness (QED) is 0.630. The van der Waals surface area contributed by atoms with Gasteiger partial charge in [-0.1, -0.05) is 0 Å². The largest absolute Gasteiger partial charge is 0.366 e. The Morgan fingerprint density at radius 2 is 1.62 bits per heavy atom. The second kappa shape index (κ2) is 8.44. The Morgan fingerprint density at radius 3 is 2.16 bits per heavy atom. The van der Waals surface area contributed by atoms with E-state index in [1.807, 2.05) is 9.80 Å². The highest BCUT2D eigenvalue weighted by molar-refractivity contribution is 5.94. The monoisotopic (exact) mass is 441 g/mol. The standard InChI is InChI=1S/C26H36FN3O2/c1-18(31)22-3-4-24(23(27)12-22)29-5-7-30(8-6-29)25(32)16-28(2)17-26-13-19-9-20(14-26)11-21(10-19)15-26/h3-4,12,19-21H,5-11,13-17H2,1-2H3. The average molecular weight is 442 g/mol. The van der Waals surface area contributed by atoms with Crippen molar-refractivity contribution in [1.29, 1.82) is 0 Å². The van der Waals surface area contributed by atoms with Crippen LogP contribution in [0.1, 0.15) is 55.8 Å². The lowest BCUT2D eigenvalue weighted by atomic mass is 9.49. The molecule has 0 radical (unpaired) electrons. The first-order chi connectivity index (χ1) is 15.3. The second-order valence-electron chi connectivity index (χ2n) is 11.2. The predicted octanol–water partition coefficient (Wildman–Crippen LogP) is 3.83. The van der Waals surface area contributed by atoms with Crippen LogP contribution in [0.15, 0.2) is 18.2 Å². The molecule has 5 aliphatic rings. The fraction of sp³-hybridized carbons (Fsp3) is 0.692. The van der Waals surface area contributed by atoms with Gasteiger partial charge in [0, 0.05) is 38.3 Å². The smallest absolute Gasteiger partial charge is 0.236 e. The van der Waals surface area contributed by atoms with Gasteiger partial charge in [0.15, 0.2) is 5.78 Å². The number of ketones is 1. The van der Waals surface area contributed by atoms with Gasteiger partial charge in [0.1, 0.15) is 5.82 Å². The van der Waals surface area contributed by atoms with Crippen molar-refractivity contribution in [3.63, 3.8) is 0 Å². The third-order valence-electron chi connectivity index (χ3n) is 8.50. The fourth-order valence-corrected chi connectivity index (χ4v) is 7.62. The van der Waals surface area contributed by atoms with Crippen LogP contribution in [0.2, 0.25) is 0 Å². The van der Waals surface area contributed by atoms with Crippen LogP contribution in [-0.2, 0) is 4.79 Å². The van der Waals surface area contributed by atoms with Gasteiger partial charge in [-0.05, 0) is 93.9 Å². The molecule has 6 rings (SSSR count). The van der Waals surface area contributed by atoms with Crippen LogP contribution >= 0.6 is 0 Å². The van der Waals surface area contributed by atoms with E-state index in [9.17, 15) is 14.0 Å². The molecular weight excluding hydrogens is 405 g/mol. The molecule has 5 nitrogen and oxygen atoms in total. The van der Waals surface area contributed by atoms with Crippen molar-refractivity contribution in [3.05, 3.63) is 29.6 Å². The maximum Gasteiger partial charge on any atom is 0.236 e.